The second kappa shape index (κ2) is 15.1. The van der Waals surface area contributed by atoms with Gasteiger partial charge in [-0.1, -0.05) is 33.8 Å². The van der Waals surface area contributed by atoms with Crippen LogP contribution in [0.5, 0.6) is 0 Å². The summed E-state index contributed by atoms with van der Waals surface area (Å²) in [7, 11) is -4.21. The molecule has 62 valence electrons. The minimum Gasteiger partial charge on any atom is -0.811 e. The molecule has 0 radical (unpaired) electrons. The maximum absolute atomic E-state index is 10.1. The van der Waals surface area contributed by atoms with E-state index >= 15 is 0 Å². The largest absolute Gasteiger partial charge is 1.00 e. The first kappa shape index (κ1) is 25.1. The summed E-state index contributed by atoms with van der Waals surface area (Å²) < 4.78 is 10.1. The van der Waals surface area contributed by atoms with E-state index in [9.17, 15) is 14.4 Å². The summed E-state index contributed by atoms with van der Waals surface area (Å²) in [4.78, 5) is 20.1. The summed E-state index contributed by atoms with van der Waals surface area (Å²) >= 11 is 0. The zero-order valence-corrected chi connectivity index (χ0v) is 16.1. The van der Waals surface area contributed by atoms with Crippen molar-refractivity contribution in [3.63, 3.8) is 0 Å². The maximum atomic E-state index is 10.1. The van der Waals surface area contributed by atoms with Crippen molar-refractivity contribution in [3.8, 4) is 0 Å². The Hall–Kier alpha value is 3.15. The van der Waals surface area contributed by atoms with Gasteiger partial charge < -0.3 is 14.4 Å². The average molecular weight is 233 g/mol. The first-order chi connectivity index (χ1) is 4.56. The summed E-state index contributed by atoms with van der Waals surface area (Å²) in [5.41, 5.74) is 0. The van der Waals surface area contributed by atoms with E-state index in [1.807, 2.05) is 6.92 Å². The molecule has 0 fully saturated rings. The van der Waals surface area contributed by atoms with Gasteiger partial charge in [0.15, 0.2) is 0 Å². The number of hydrogen-bond donors (Lipinski definition) is 0. The smallest absolute Gasteiger partial charge is 0.811 e. The molecular weight excluding hydrogens is 220 g/mol. The third-order valence-electron chi connectivity index (χ3n) is 1.29. The summed E-state index contributed by atoms with van der Waals surface area (Å²) in [6, 6.07) is 0. The zero-order valence-electron chi connectivity index (χ0n) is 9.21. The van der Waals surface area contributed by atoms with E-state index in [-0.39, 0.29) is 94.8 Å². The molecule has 0 rings (SSSR count). The van der Waals surface area contributed by atoms with Crippen LogP contribution < -0.4 is 98.5 Å². The van der Waals surface area contributed by atoms with Gasteiger partial charge in [-0.05, 0) is 12.6 Å². The summed E-state index contributed by atoms with van der Waals surface area (Å²) in [6.07, 6.45) is 3.28. The Morgan fingerprint density at radius 3 is 1.77 bits per heavy atom. The van der Waals surface area contributed by atoms with E-state index in [1.165, 1.54) is 0 Å². The van der Waals surface area contributed by atoms with Gasteiger partial charge in [0.25, 0.3) is 0 Å². The molecule has 0 unspecified atom stereocenters. The Balaban J connectivity index is -0.000000135. The molecular formula is C6H13Na3O3P+. The van der Waals surface area contributed by atoms with Gasteiger partial charge in [0, 0.05) is 0 Å². The number of hydrogen-bond acceptors (Lipinski definition) is 3. The molecule has 0 saturated heterocycles. The van der Waals surface area contributed by atoms with Crippen LogP contribution in [0.2, 0.25) is 0 Å². The molecule has 0 heterocycles. The molecule has 0 N–H and O–H groups in total. The van der Waals surface area contributed by atoms with Gasteiger partial charge in [-0.2, -0.15) is 0 Å². The molecule has 0 spiro atoms. The van der Waals surface area contributed by atoms with Crippen LogP contribution in [-0.2, 0) is 4.57 Å². The topological polar surface area (TPSA) is 63.2 Å². The molecule has 0 saturated carbocycles. The molecule has 0 aliphatic heterocycles. The van der Waals surface area contributed by atoms with Crippen LogP contribution in [-0.4, -0.2) is 6.16 Å². The predicted molar refractivity (Wildman–Crippen MR) is 36.6 cm³/mol. The molecule has 0 aliphatic rings. The SMILES string of the molecule is CCCCCCP(=O)([O-])[O-].[Na+].[Na+].[Na+]. The van der Waals surface area contributed by atoms with Crippen LogP contribution in [0.1, 0.15) is 32.6 Å². The minimum atomic E-state index is -4.21. The van der Waals surface area contributed by atoms with Crippen LogP contribution in [0.4, 0.5) is 0 Å². The first-order valence-electron chi connectivity index (χ1n) is 3.57. The molecule has 0 atom stereocenters. The van der Waals surface area contributed by atoms with Gasteiger partial charge in [-0.15, -0.1) is 0 Å². The molecule has 0 amide bonds. The Bertz CT molecular complexity index is 128. The van der Waals surface area contributed by atoms with Gasteiger partial charge in [-0.3, -0.25) is 0 Å². The summed E-state index contributed by atoms with van der Waals surface area (Å²) in [5.74, 6) is 0. The van der Waals surface area contributed by atoms with E-state index in [2.05, 4.69) is 0 Å². The molecule has 0 aromatic carbocycles. The fourth-order valence-corrected chi connectivity index (χ4v) is 1.34. The molecule has 0 bridgehead atoms. The standard InChI is InChI=1S/C6H15O3P.3Na/c1-2-3-4-5-6-10(7,8)9;;;/h2-6H2,1H3,(H2,7,8,9);;;/q;3*+1/p-2. The molecule has 0 aromatic rings. The van der Waals surface area contributed by atoms with Crippen molar-refractivity contribution in [2.45, 2.75) is 32.6 Å². The maximum Gasteiger partial charge on any atom is 1.00 e. The fraction of sp³-hybridized carbons (Fsp3) is 1.00. The van der Waals surface area contributed by atoms with Crippen molar-refractivity contribution in [2.24, 2.45) is 0 Å². The monoisotopic (exact) mass is 233 g/mol. The van der Waals surface area contributed by atoms with E-state index in [4.69, 9.17) is 0 Å². The van der Waals surface area contributed by atoms with Crippen molar-refractivity contribution < 1.29 is 103 Å². The predicted octanol–water partition coefficient (Wildman–Crippen LogP) is -8.51. The van der Waals surface area contributed by atoms with Gasteiger partial charge in [0.2, 0.25) is 0 Å². The molecule has 13 heavy (non-hydrogen) atoms. The van der Waals surface area contributed by atoms with E-state index in [0.717, 1.165) is 19.3 Å². The third kappa shape index (κ3) is 25.4. The third-order valence-corrected chi connectivity index (χ3v) is 2.15. The molecule has 0 aromatic heterocycles. The van der Waals surface area contributed by atoms with Crippen LogP contribution in [0.15, 0.2) is 0 Å². The van der Waals surface area contributed by atoms with Crippen LogP contribution in [0.25, 0.3) is 0 Å². The van der Waals surface area contributed by atoms with E-state index < -0.39 is 7.60 Å². The number of unbranched alkanes of at least 4 members (excludes halogenated alkanes) is 3. The van der Waals surface area contributed by atoms with E-state index in [0.29, 0.717) is 6.42 Å². The second-order valence-electron chi connectivity index (χ2n) is 2.40. The Morgan fingerprint density at radius 2 is 1.46 bits per heavy atom. The minimum absolute atomic E-state index is 0. The Kier molecular flexibility index (Phi) is 29.3. The fourth-order valence-electron chi connectivity index (χ4n) is 0.732. The van der Waals surface area contributed by atoms with Crippen molar-refractivity contribution in [1.82, 2.24) is 0 Å². The van der Waals surface area contributed by atoms with Crippen LogP contribution >= 0.6 is 7.60 Å². The molecule has 0 aliphatic carbocycles. The Morgan fingerprint density at radius 1 is 1.00 bits per heavy atom. The summed E-state index contributed by atoms with van der Waals surface area (Å²) in [5, 5.41) is 0. The first-order valence-corrected chi connectivity index (χ1v) is 5.30. The van der Waals surface area contributed by atoms with Gasteiger partial charge in [-0.25, -0.2) is 0 Å². The van der Waals surface area contributed by atoms with Crippen molar-refractivity contribution in [2.75, 3.05) is 6.16 Å². The van der Waals surface area contributed by atoms with Crippen molar-refractivity contribution >= 4 is 7.60 Å². The quantitative estimate of drug-likeness (QED) is 0.269. The Labute approximate surface area is 147 Å². The average Bonchev–Trinajstić information content (AvgIpc) is 1.78. The number of rotatable bonds is 5. The van der Waals surface area contributed by atoms with Crippen LogP contribution in [0, 0.1) is 0 Å². The normalized spacial score (nSPS) is 9.15. The second-order valence-corrected chi connectivity index (χ2v) is 4.06. The van der Waals surface area contributed by atoms with Gasteiger partial charge in [0.05, 0.1) is 0 Å². The van der Waals surface area contributed by atoms with Gasteiger partial charge >= 0.3 is 88.7 Å². The molecule has 7 heteroatoms. The zero-order chi connectivity index (χ0) is 8.04. The van der Waals surface area contributed by atoms with E-state index in [1.54, 1.807) is 0 Å². The summed E-state index contributed by atoms with van der Waals surface area (Å²) in [6.45, 7) is 2.04. The van der Waals surface area contributed by atoms with Crippen molar-refractivity contribution in [3.05, 3.63) is 0 Å². The van der Waals surface area contributed by atoms with Crippen molar-refractivity contribution in [1.29, 1.82) is 0 Å². The van der Waals surface area contributed by atoms with Gasteiger partial charge in [0.1, 0.15) is 0 Å². The molecule has 3 nitrogen and oxygen atoms in total. The van der Waals surface area contributed by atoms with Crippen LogP contribution in [0.3, 0.4) is 0 Å².